The molecule has 0 atom stereocenters. The first-order chi connectivity index (χ1) is 6.42. The maximum atomic E-state index is 3.70. The van der Waals surface area contributed by atoms with Crippen LogP contribution in [0.1, 0.15) is 24.0 Å². The zero-order valence-electron chi connectivity index (χ0n) is 8.20. The maximum Gasteiger partial charge on any atom is 0.0151 e. The third-order valence-electron chi connectivity index (χ3n) is 3.10. The Morgan fingerprint density at radius 2 is 1.50 bits per heavy atom. The molecule has 0 saturated heterocycles. The largest absolute Gasteiger partial charge is 0.311 e. The summed E-state index contributed by atoms with van der Waals surface area (Å²) in [5.41, 5.74) is 3.11. The summed E-state index contributed by atoms with van der Waals surface area (Å²) in [6.07, 6.45) is 5.28. The van der Waals surface area contributed by atoms with Crippen LogP contribution in [0.3, 0.4) is 0 Å². The van der Waals surface area contributed by atoms with E-state index in [9.17, 15) is 0 Å². The second kappa shape index (κ2) is 3.92. The van der Waals surface area contributed by atoms with Gasteiger partial charge in [0.15, 0.2) is 0 Å². The van der Waals surface area contributed by atoms with Gasteiger partial charge in [0.2, 0.25) is 0 Å². The highest BCUT2D eigenvalue weighted by atomic mass is 35.5. The second-order valence-electron chi connectivity index (χ2n) is 4.31. The van der Waals surface area contributed by atoms with Gasteiger partial charge in [-0.2, -0.15) is 0 Å². The monoisotopic (exact) mass is 209 g/mol. The highest BCUT2D eigenvalue weighted by molar-refractivity contribution is 5.85. The average Bonchev–Trinajstić information content (AvgIpc) is 2.85. The molecular formula is C12H16ClN. The quantitative estimate of drug-likeness (QED) is 0.789. The molecule has 1 fully saturated rings. The topological polar surface area (TPSA) is 12.0 Å². The Hall–Kier alpha value is -0.530. The van der Waals surface area contributed by atoms with Gasteiger partial charge < -0.3 is 5.32 Å². The van der Waals surface area contributed by atoms with Crippen LogP contribution in [-0.4, -0.2) is 12.1 Å². The molecule has 0 bridgehead atoms. The molecule has 2 aliphatic carbocycles. The van der Waals surface area contributed by atoms with Gasteiger partial charge in [-0.3, -0.25) is 0 Å². The van der Waals surface area contributed by atoms with Gasteiger partial charge in [0.25, 0.3) is 0 Å². The zero-order chi connectivity index (χ0) is 8.67. The Balaban J connectivity index is 0.000000750. The summed E-state index contributed by atoms with van der Waals surface area (Å²) in [5, 5.41) is 3.70. The molecular weight excluding hydrogens is 194 g/mol. The van der Waals surface area contributed by atoms with E-state index < -0.39 is 0 Å². The SMILES string of the molecule is Cl.c1ccc2c(c1)CC(NC1CC1)C2. The molecule has 2 heteroatoms. The lowest BCUT2D eigenvalue weighted by atomic mass is 10.1. The molecule has 1 nitrogen and oxygen atoms in total. The summed E-state index contributed by atoms with van der Waals surface area (Å²) in [7, 11) is 0. The van der Waals surface area contributed by atoms with Crippen molar-refractivity contribution in [3.63, 3.8) is 0 Å². The Bertz CT molecular complexity index is 295. The molecule has 1 aromatic carbocycles. The molecule has 3 rings (SSSR count). The molecule has 0 amide bonds. The number of fused-ring (bicyclic) bond motifs is 1. The number of hydrogen-bond acceptors (Lipinski definition) is 1. The molecule has 0 aliphatic heterocycles. The van der Waals surface area contributed by atoms with Crippen molar-refractivity contribution in [1.82, 2.24) is 5.32 Å². The first-order valence-electron chi connectivity index (χ1n) is 5.24. The fraction of sp³-hybridized carbons (Fsp3) is 0.500. The number of rotatable bonds is 2. The van der Waals surface area contributed by atoms with Gasteiger partial charge in [0.1, 0.15) is 0 Å². The van der Waals surface area contributed by atoms with Crippen molar-refractivity contribution >= 4 is 12.4 Å². The first-order valence-corrected chi connectivity index (χ1v) is 5.24. The lowest BCUT2D eigenvalue weighted by Crippen LogP contribution is -2.31. The summed E-state index contributed by atoms with van der Waals surface area (Å²) in [4.78, 5) is 0. The normalized spacial score (nSPS) is 20.3. The molecule has 0 radical (unpaired) electrons. The van der Waals surface area contributed by atoms with Gasteiger partial charge in [-0.05, 0) is 36.8 Å². The summed E-state index contributed by atoms with van der Waals surface area (Å²) in [5.74, 6) is 0. The number of hydrogen-bond donors (Lipinski definition) is 1. The van der Waals surface area contributed by atoms with Gasteiger partial charge in [0.05, 0.1) is 0 Å². The fourth-order valence-electron chi connectivity index (χ4n) is 2.26. The first kappa shape index (κ1) is 10.0. The Morgan fingerprint density at radius 3 is 2.00 bits per heavy atom. The van der Waals surface area contributed by atoms with E-state index in [4.69, 9.17) is 0 Å². The van der Waals surface area contributed by atoms with Crippen molar-refractivity contribution in [2.24, 2.45) is 0 Å². The van der Waals surface area contributed by atoms with E-state index in [1.807, 2.05) is 0 Å². The predicted octanol–water partition coefficient (Wildman–Crippen LogP) is 2.33. The Labute approximate surface area is 91.3 Å². The van der Waals surface area contributed by atoms with Crippen LogP contribution in [-0.2, 0) is 12.8 Å². The molecule has 0 unspecified atom stereocenters. The molecule has 76 valence electrons. The van der Waals surface area contributed by atoms with Crippen LogP contribution in [0, 0.1) is 0 Å². The number of nitrogens with one attached hydrogen (secondary N) is 1. The van der Waals surface area contributed by atoms with Gasteiger partial charge >= 0.3 is 0 Å². The molecule has 1 aromatic rings. The standard InChI is InChI=1S/C12H15N.ClH/c1-2-4-10-8-12(7-9(10)3-1)13-11-5-6-11;/h1-4,11-13H,5-8H2;1H. The van der Waals surface area contributed by atoms with E-state index in [0.717, 1.165) is 12.1 Å². The third-order valence-corrected chi connectivity index (χ3v) is 3.10. The minimum Gasteiger partial charge on any atom is -0.311 e. The van der Waals surface area contributed by atoms with Crippen molar-refractivity contribution in [3.05, 3.63) is 35.4 Å². The highest BCUT2D eigenvalue weighted by Gasteiger charge is 2.28. The molecule has 2 aliphatic rings. The zero-order valence-corrected chi connectivity index (χ0v) is 9.02. The van der Waals surface area contributed by atoms with Crippen LogP contribution in [0.2, 0.25) is 0 Å². The van der Waals surface area contributed by atoms with E-state index in [1.54, 1.807) is 11.1 Å². The van der Waals surface area contributed by atoms with E-state index in [2.05, 4.69) is 29.6 Å². The van der Waals surface area contributed by atoms with Crippen molar-refractivity contribution in [3.8, 4) is 0 Å². The smallest absolute Gasteiger partial charge is 0.0151 e. The van der Waals surface area contributed by atoms with Gasteiger partial charge in [-0.15, -0.1) is 12.4 Å². The summed E-state index contributed by atoms with van der Waals surface area (Å²) >= 11 is 0. The summed E-state index contributed by atoms with van der Waals surface area (Å²) in [6.45, 7) is 0. The van der Waals surface area contributed by atoms with Crippen molar-refractivity contribution in [2.45, 2.75) is 37.8 Å². The van der Waals surface area contributed by atoms with Crippen LogP contribution in [0.5, 0.6) is 0 Å². The minimum atomic E-state index is 0. The third kappa shape index (κ3) is 1.94. The maximum absolute atomic E-state index is 3.70. The lowest BCUT2D eigenvalue weighted by Gasteiger charge is -2.09. The molecule has 0 heterocycles. The average molecular weight is 210 g/mol. The molecule has 0 spiro atoms. The number of halogens is 1. The van der Waals surface area contributed by atoms with Crippen LogP contribution in [0.25, 0.3) is 0 Å². The molecule has 1 saturated carbocycles. The van der Waals surface area contributed by atoms with Crippen LogP contribution in [0.15, 0.2) is 24.3 Å². The van der Waals surface area contributed by atoms with Crippen LogP contribution in [0.4, 0.5) is 0 Å². The van der Waals surface area contributed by atoms with E-state index in [-0.39, 0.29) is 12.4 Å². The summed E-state index contributed by atoms with van der Waals surface area (Å²) in [6, 6.07) is 10.4. The van der Waals surface area contributed by atoms with Crippen LogP contribution < -0.4 is 5.32 Å². The Kier molecular flexibility index (Phi) is 2.80. The van der Waals surface area contributed by atoms with E-state index in [1.165, 1.54) is 25.7 Å². The molecule has 1 N–H and O–H groups in total. The summed E-state index contributed by atoms with van der Waals surface area (Å²) < 4.78 is 0. The van der Waals surface area contributed by atoms with Gasteiger partial charge in [-0.25, -0.2) is 0 Å². The minimum absolute atomic E-state index is 0. The van der Waals surface area contributed by atoms with Crippen molar-refractivity contribution in [1.29, 1.82) is 0 Å². The van der Waals surface area contributed by atoms with Crippen LogP contribution >= 0.6 is 12.4 Å². The van der Waals surface area contributed by atoms with E-state index in [0.29, 0.717) is 0 Å². The second-order valence-corrected chi connectivity index (χ2v) is 4.31. The van der Waals surface area contributed by atoms with E-state index >= 15 is 0 Å². The van der Waals surface area contributed by atoms with Crippen molar-refractivity contribution in [2.75, 3.05) is 0 Å². The Morgan fingerprint density at radius 1 is 0.929 bits per heavy atom. The van der Waals surface area contributed by atoms with Crippen molar-refractivity contribution < 1.29 is 0 Å². The van der Waals surface area contributed by atoms with Gasteiger partial charge in [-0.1, -0.05) is 24.3 Å². The predicted molar refractivity (Wildman–Crippen MR) is 61.0 cm³/mol. The fourth-order valence-corrected chi connectivity index (χ4v) is 2.26. The lowest BCUT2D eigenvalue weighted by molar-refractivity contribution is 0.530. The number of benzene rings is 1. The van der Waals surface area contributed by atoms with Gasteiger partial charge in [0, 0.05) is 12.1 Å². The highest BCUT2D eigenvalue weighted by Crippen LogP contribution is 2.26. The molecule has 14 heavy (non-hydrogen) atoms. The molecule has 0 aromatic heterocycles.